The maximum Gasteiger partial charge on any atom is 0.410 e. The van der Waals surface area contributed by atoms with Crippen LogP contribution >= 0.6 is 0 Å². The predicted octanol–water partition coefficient (Wildman–Crippen LogP) is 2.94. The van der Waals surface area contributed by atoms with Crippen LogP contribution in [0.15, 0.2) is 59.4 Å². The highest BCUT2D eigenvalue weighted by Crippen LogP contribution is 2.20. The first-order chi connectivity index (χ1) is 13.2. The average Bonchev–Trinajstić information content (AvgIpc) is 3.33. The molecule has 0 unspecified atom stereocenters. The van der Waals surface area contributed by atoms with Crippen molar-refractivity contribution in [2.24, 2.45) is 0 Å². The second-order valence-electron chi connectivity index (χ2n) is 6.01. The van der Waals surface area contributed by atoms with Crippen LogP contribution in [-0.2, 0) is 11.3 Å². The molecule has 8 nitrogen and oxygen atoms in total. The summed E-state index contributed by atoms with van der Waals surface area (Å²) < 4.78 is 10.1. The first-order valence-corrected chi connectivity index (χ1v) is 8.38. The van der Waals surface area contributed by atoms with Crippen molar-refractivity contribution in [3.05, 3.63) is 66.1 Å². The van der Waals surface area contributed by atoms with E-state index in [1.54, 1.807) is 35.5 Å². The zero-order chi connectivity index (χ0) is 18.6. The van der Waals surface area contributed by atoms with Gasteiger partial charge in [-0.2, -0.15) is 0 Å². The molecule has 1 aromatic carbocycles. The van der Waals surface area contributed by atoms with Crippen LogP contribution in [0.5, 0.6) is 0 Å². The van der Waals surface area contributed by atoms with Crippen LogP contribution in [0.25, 0.3) is 11.3 Å². The molecule has 2 amide bonds. The molecule has 4 rings (SSSR count). The number of aromatic nitrogens is 2. The van der Waals surface area contributed by atoms with E-state index < -0.39 is 0 Å². The number of pyridine rings is 1. The third-order valence-corrected chi connectivity index (χ3v) is 4.09. The Morgan fingerprint density at radius 1 is 1.22 bits per heavy atom. The van der Waals surface area contributed by atoms with Gasteiger partial charge in [0, 0.05) is 36.3 Å². The number of cyclic esters (lactones) is 1. The highest BCUT2D eigenvalue weighted by Gasteiger charge is 2.22. The van der Waals surface area contributed by atoms with E-state index in [2.05, 4.69) is 15.5 Å². The van der Waals surface area contributed by atoms with Crippen LogP contribution in [0.3, 0.4) is 0 Å². The molecule has 0 bridgehead atoms. The van der Waals surface area contributed by atoms with Gasteiger partial charge in [-0.1, -0.05) is 17.3 Å². The minimum absolute atomic E-state index is 0.169. The van der Waals surface area contributed by atoms with Gasteiger partial charge >= 0.3 is 6.09 Å². The summed E-state index contributed by atoms with van der Waals surface area (Å²) in [6.45, 7) is 1.39. The molecule has 1 saturated heterocycles. The average molecular weight is 364 g/mol. The van der Waals surface area contributed by atoms with Crippen LogP contribution in [0.4, 0.5) is 10.5 Å². The van der Waals surface area contributed by atoms with Crippen LogP contribution in [0, 0.1) is 0 Å². The lowest BCUT2D eigenvalue weighted by Gasteiger charge is -2.13. The molecule has 3 aromatic rings. The predicted molar refractivity (Wildman–Crippen MR) is 95.9 cm³/mol. The quantitative estimate of drug-likeness (QED) is 0.747. The maximum absolute atomic E-state index is 12.4. The Morgan fingerprint density at radius 2 is 2.15 bits per heavy atom. The number of carbonyl (C=O) groups excluding carboxylic acids is 2. The Bertz CT molecular complexity index is 971. The molecular weight excluding hydrogens is 348 g/mol. The molecule has 0 aliphatic carbocycles. The van der Waals surface area contributed by atoms with Crippen LogP contribution < -0.4 is 5.32 Å². The zero-order valence-electron chi connectivity index (χ0n) is 14.3. The second kappa shape index (κ2) is 7.28. The van der Waals surface area contributed by atoms with E-state index in [9.17, 15) is 9.59 Å². The Hall–Kier alpha value is -3.68. The largest absolute Gasteiger partial charge is 0.448 e. The number of rotatable bonds is 5. The third-order valence-electron chi connectivity index (χ3n) is 4.09. The van der Waals surface area contributed by atoms with E-state index in [-0.39, 0.29) is 17.7 Å². The molecule has 8 heteroatoms. The number of amides is 2. The number of nitrogens with one attached hydrogen (secondary N) is 1. The van der Waals surface area contributed by atoms with Gasteiger partial charge in [0.1, 0.15) is 6.61 Å². The molecule has 1 fully saturated rings. The first kappa shape index (κ1) is 16.8. The topological polar surface area (TPSA) is 97.6 Å². The van der Waals surface area contributed by atoms with E-state index in [1.807, 2.05) is 24.3 Å². The van der Waals surface area contributed by atoms with E-state index in [0.29, 0.717) is 31.1 Å². The molecule has 136 valence electrons. The number of hydrogen-bond donors (Lipinski definition) is 1. The molecule has 1 N–H and O–H groups in total. The number of hydrogen-bond acceptors (Lipinski definition) is 6. The van der Waals surface area contributed by atoms with Crippen molar-refractivity contribution in [1.29, 1.82) is 0 Å². The highest BCUT2D eigenvalue weighted by molar-refractivity contribution is 6.03. The van der Waals surface area contributed by atoms with Gasteiger partial charge in [0.2, 0.25) is 0 Å². The van der Waals surface area contributed by atoms with E-state index >= 15 is 0 Å². The Labute approximate surface area is 154 Å². The molecule has 0 atom stereocenters. The van der Waals surface area contributed by atoms with Gasteiger partial charge in [-0.3, -0.25) is 9.78 Å². The van der Waals surface area contributed by atoms with Gasteiger partial charge in [0.05, 0.1) is 6.54 Å². The summed E-state index contributed by atoms with van der Waals surface area (Å²) in [6.07, 6.45) is 2.96. The van der Waals surface area contributed by atoms with E-state index in [4.69, 9.17) is 9.26 Å². The zero-order valence-corrected chi connectivity index (χ0v) is 14.3. The highest BCUT2D eigenvalue weighted by atomic mass is 16.6. The van der Waals surface area contributed by atoms with Crippen molar-refractivity contribution < 1.29 is 18.8 Å². The maximum atomic E-state index is 12.4. The lowest BCUT2D eigenvalue weighted by atomic mass is 10.2. The molecule has 3 heterocycles. The summed E-state index contributed by atoms with van der Waals surface area (Å²) in [5.41, 5.74) is 2.41. The van der Waals surface area contributed by atoms with Crippen molar-refractivity contribution >= 4 is 17.7 Å². The molecule has 0 saturated carbocycles. The standard InChI is InChI=1S/C19H16N4O4/c24-18(16-10-17(27-22-16)14-4-2-6-20-11-14)21-15-5-1-3-13(9-15)12-23-7-8-26-19(23)25/h1-6,9-11H,7-8,12H2,(H,21,24). The summed E-state index contributed by atoms with van der Waals surface area (Å²) >= 11 is 0. The van der Waals surface area contributed by atoms with Crippen molar-refractivity contribution in [1.82, 2.24) is 15.0 Å². The molecule has 0 radical (unpaired) electrons. The first-order valence-electron chi connectivity index (χ1n) is 8.38. The van der Waals surface area contributed by atoms with Gasteiger partial charge in [-0.25, -0.2) is 4.79 Å². The number of nitrogens with zero attached hydrogens (tertiary/aromatic N) is 3. The smallest absolute Gasteiger partial charge is 0.410 e. The van der Waals surface area contributed by atoms with E-state index in [1.165, 1.54) is 0 Å². The van der Waals surface area contributed by atoms with Gasteiger partial charge in [0.25, 0.3) is 5.91 Å². The van der Waals surface area contributed by atoms with E-state index in [0.717, 1.165) is 11.1 Å². The summed E-state index contributed by atoms with van der Waals surface area (Å²) in [5.74, 6) is 0.0844. The Kier molecular flexibility index (Phi) is 4.52. The number of anilines is 1. The molecule has 2 aromatic heterocycles. The third kappa shape index (κ3) is 3.79. The fourth-order valence-corrected chi connectivity index (χ4v) is 2.76. The van der Waals surface area contributed by atoms with Crippen molar-refractivity contribution in [3.63, 3.8) is 0 Å². The normalized spacial score (nSPS) is 13.5. The van der Waals surface area contributed by atoms with Gasteiger partial charge in [-0.05, 0) is 29.8 Å². The number of carbonyl (C=O) groups is 2. The fourth-order valence-electron chi connectivity index (χ4n) is 2.76. The number of ether oxygens (including phenoxy) is 1. The van der Waals surface area contributed by atoms with Crippen LogP contribution in [0.2, 0.25) is 0 Å². The lowest BCUT2D eigenvalue weighted by molar-refractivity contribution is 0.101. The lowest BCUT2D eigenvalue weighted by Crippen LogP contribution is -2.23. The molecule has 0 spiro atoms. The summed E-state index contributed by atoms with van der Waals surface area (Å²) in [6, 6.07) is 12.4. The van der Waals surface area contributed by atoms with Gasteiger partial charge < -0.3 is 19.5 Å². The van der Waals surface area contributed by atoms with Crippen molar-refractivity contribution in [3.8, 4) is 11.3 Å². The Morgan fingerprint density at radius 3 is 2.93 bits per heavy atom. The Balaban J connectivity index is 1.44. The molecule has 1 aliphatic rings. The second-order valence-corrected chi connectivity index (χ2v) is 6.01. The molecule has 27 heavy (non-hydrogen) atoms. The molecule has 1 aliphatic heterocycles. The van der Waals surface area contributed by atoms with Crippen LogP contribution in [0.1, 0.15) is 16.1 Å². The fraction of sp³-hybridized carbons (Fsp3) is 0.158. The molecular formula is C19H16N4O4. The van der Waals surface area contributed by atoms with Crippen molar-refractivity contribution in [2.45, 2.75) is 6.54 Å². The van der Waals surface area contributed by atoms with Crippen molar-refractivity contribution in [2.75, 3.05) is 18.5 Å². The summed E-state index contributed by atoms with van der Waals surface area (Å²) in [7, 11) is 0. The van der Waals surface area contributed by atoms with Gasteiger partial charge in [-0.15, -0.1) is 0 Å². The summed E-state index contributed by atoms with van der Waals surface area (Å²) in [4.78, 5) is 29.6. The minimum atomic E-state index is -0.383. The van der Waals surface area contributed by atoms with Gasteiger partial charge in [0.15, 0.2) is 11.5 Å². The monoisotopic (exact) mass is 364 g/mol. The van der Waals surface area contributed by atoms with Crippen LogP contribution in [-0.4, -0.2) is 40.2 Å². The summed E-state index contributed by atoms with van der Waals surface area (Å²) in [5, 5.41) is 6.61. The minimum Gasteiger partial charge on any atom is -0.448 e. The number of benzene rings is 1. The SMILES string of the molecule is O=C(Nc1cccc(CN2CCOC2=O)c1)c1cc(-c2cccnc2)on1.